The lowest BCUT2D eigenvalue weighted by atomic mass is 9.95. The van der Waals surface area contributed by atoms with Crippen molar-refractivity contribution in [1.82, 2.24) is 25.0 Å². The molecule has 2 aromatic rings. The highest BCUT2D eigenvalue weighted by molar-refractivity contribution is 7.10. The third-order valence-corrected chi connectivity index (χ3v) is 9.22. The zero-order chi connectivity index (χ0) is 22.9. The highest BCUT2D eigenvalue weighted by atomic mass is 32.1. The summed E-state index contributed by atoms with van der Waals surface area (Å²) in [5.74, 6) is 3.09. The number of rotatable bonds is 8. The van der Waals surface area contributed by atoms with Gasteiger partial charge in [0.25, 0.3) is 0 Å². The van der Waals surface area contributed by atoms with E-state index >= 15 is 0 Å². The van der Waals surface area contributed by atoms with Crippen LogP contribution in [0.4, 0.5) is 0 Å². The number of hydrogen-bond donors (Lipinski definition) is 1. The normalized spacial score (nSPS) is 26.8. The Balaban J connectivity index is 1.24. The monoisotopic (exact) mass is 469 g/mol. The molecular weight excluding hydrogens is 430 g/mol. The highest BCUT2D eigenvalue weighted by Crippen LogP contribution is 2.42. The SMILES string of the molecule is Cc1nnc(C(C)C)n1C1C[C@@H]2CC[C@@H](C1)N2CC[C@H](NC(=O)C1CCCC1)c1cccs1. The van der Waals surface area contributed by atoms with E-state index in [1.165, 1.54) is 43.4 Å². The summed E-state index contributed by atoms with van der Waals surface area (Å²) in [6, 6.07) is 6.21. The molecule has 1 saturated carbocycles. The van der Waals surface area contributed by atoms with Crippen molar-refractivity contribution in [2.75, 3.05) is 6.54 Å². The van der Waals surface area contributed by atoms with Crippen LogP contribution in [0.2, 0.25) is 0 Å². The van der Waals surface area contributed by atoms with Crippen molar-refractivity contribution in [2.45, 2.75) is 109 Å². The van der Waals surface area contributed by atoms with Crippen LogP contribution < -0.4 is 5.32 Å². The molecule has 0 radical (unpaired) electrons. The number of amides is 1. The second-order valence-corrected chi connectivity index (χ2v) is 11.7. The standard InChI is InChI=1S/C26H39N5OS/c1-17(2)25-29-28-18(3)31(25)22-15-20-10-11-21(16-22)30(20)13-12-23(24-9-6-14-33-24)27-26(32)19-7-4-5-8-19/h6,9,14,17,19-23H,4-5,7-8,10-13,15-16H2,1-3H3,(H,27,32)/t20-,21-,23-/m0/s1. The Morgan fingerprint density at radius 1 is 1.12 bits per heavy atom. The smallest absolute Gasteiger partial charge is 0.223 e. The lowest BCUT2D eigenvalue weighted by Gasteiger charge is -2.40. The number of piperidine rings is 1. The van der Waals surface area contributed by atoms with E-state index in [2.05, 4.69) is 63.3 Å². The van der Waals surface area contributed by atoms with E-state index in [1.54, 1.807) is 11.3 Å². The Morgan fingerprint density at radius 3 is 2.48 bits per heavy atom. The maximum atomic E-state index is 12.9. The predicted molar refractivity (Wildman–Crippen MR) is 132 cm³/mol. The zero-order valence-corrected chi connectivity index (χ0v) is 21.2. The first-order valence-electron chi connectivity index (χ1n) is 13.0. The van der Waals surface area contributed by atoms with Gasteiger partial charge < -0.3 is 9.88 Å². The molecule has 2 bridgehead atoms. The molecular formula is C26H39N5OS. The van der Waals surface area contributed by atoms with Gasteiger partial charge in [0, 0.05) is 41.4 Å². The Hall–Kier alpha value is -1.73. The van der Waals surface area contributed by atoms with E-state index < -0.39 is 0 Å². The first kappa shape index (κ1) is 23.0. The average Bonchev–Trinajstić information content (AvgIpc) is 3.59. The summed E-state index contributed by atoms with van der Waals surface area (Å²) in [6.07, 6.45) is 10.5. The molecule has 180 valence electrons. The molecule has 7 heteroatoms. The summed E-state index contributed by atoms with van der Waals surface area (Å²) in [7, 11) is 0. The number of aryl methyl sites for hydroxylation is 1. The number of fused-ring (bicyclic) bond motifs is 2. The van der Waals surface area contributed by atoms with Gasteiger partial charge in [-0.15, -0.1) is 21.5 Å². The van der Waals surface area contributed by atoms with Crippen LogP contribution in [0.3, 0.4) is 0 Å². The average molecular weight is 470 g/mol. The lowest BCUT2D eigenvalue weighted by molar-refractivity contribution is -0.125. The summed E-state index contributed by atoms with van der Waals surface area (Å²) in [6.45, 7) is 7.60. The second-order valence-electron chi connectivity index (χ2n) is 10.7. The first-order chi connectivity index (χ1) is 16.0. The molecule has 5 rings (SSSR count). The zero-order valence-electron chi connectivity index (χ0n) is 20.4. The van der Waals surface area contributed by atoms with E-state index in [0.717, 1.165) is 37.5 Å². The number of thiophene rings is 1. The van der Waals surface area contributed by atoms with Crippen molar-refractivity contribution in [1.29, 1.82) is 0 Å². The van der Waals surface area contributed by atoms with Crippen LogP contribution in [0, 0.1) is 12.8 Å². The molecule has 0 spiro atoms. The molecule has 3 atom stereocenters. The third kappa shape index (κ3) is 4.76. The van der Waals surface area contributed by atoms with Gasteiger partial charge in [-0.2, -0.15) is 0 Å². The van der Waals surface area contributed by atoms with Crippen LogP contribution in [0.15, 0.2) is 17.5 Å². The fraction of sp³-hybridized carbons (Fsp3) is 0.731. The summed E-state index contributed by atoms with van der Waals surface area (Å²) in [4.78, 5) is 17.0. The molecule has 3 aliphatic rings. The van der Waals surface area contributed by atoms with E-state index in [-0.39, 0.29) is 17.9 Å². The van der Waals surface area contributed by atoms with Crippen molar-refractivity contribution in [3.05, 3.63) is 34.0 Å². The largest absolute Gasteiger partial charge is 0.348 e. The van der Waals surface area contributed by atoms with Crippen LogP contribution >= 0.6 is 11.3 Å². The van der Waals surface area contributed by atoms with E-state index in [9.17, 15) is 4.79 Å². The molecule has 3 fully saturated rings. The Bertz CT molecular complexity index is 919. The molecule has 4 heterocycles. The molecule has 0 aromatic carbocycles. The first-order valence-corrected chi connectivity index (χ1v) is 13.9. The van der Waals surface area contributed by atoms with Gasteiger partial charge in [-0.3, -0.25) is 9.69 Å². The minimum atomic E-state index is 0.142. The van der Waals surface area contributed by atoms with Crippen molar-refractivity contribution in [2.24, 2.45) is 5.92 Å². The van der Waals surface area contributed by atoms with Crippen molar-refractivity contribution >= 4 is 17.2 Å². The summed E-state index contributed by atoms with van der Waals surface area (Å²) in [5, 5.41) is 14.5. The van der Waals surface area contributed by atoms with Gasteiger partial charge in [-0.1, -0.05) is 32.8 Å². The molecule has 1 aliphatic carbocycles. The van der Waals surface area contributed by atoms with Gasteiger partial charge in [-0.05, 0) is 63.3 Å². The molecule has 1 amide bonds. The number of nitrogens with one attached hydrogen (secondary N) is 1. The van der Waals surface area contributed by atoms with Crippen LogP contribution in [0.5, 0.6) is 0 Å². The Kier molecular flexibility index (Phi) is 6.89. The number of hydrogen-bond acceptors (Lipinski definition) is 5. The fourth-order valence-corrected chi connectivity index (χ4v) is 7.40. The van der Waals surface area contributed by atoms with Crippen LogP contribution in [0.25, 0.3) is 0 Å². The van der Waals surface area contributed by atoms with Gasteiger partial charge in [0.15, 0.2) is 0 Å². The van der Waals surface area contributed by atoms with Crippen LogP contribution in [-0.4, -0.2) is 44.2 Å². The number of carbonyl (C=O) groups excluding carboxylic acids is 1. The molecule has 0 unspecified atom stereocenters. The van der Waals surface area contributed by atoms with E-state index in [4.69, 9.17) is 0 Å². The Morgan fingerprint density at radius 2 is 1.85 bits per heavy atom. The third-order valence-electron chi connectivity index (χ3n) is 8.24. The second kappa shape index (κ2) is 9.87. The van der Waals surface area contributed by atoms with Crippen molar-refractivity contribution in [3.63, 3.8) is 0 Å². The quantitative estimate of drug-likeness (QED) is 0.564. The molecule has 1 N–H and O–H groups in total. The maximum Gasteiger partial charge on any atom is 0.223 e. The Labute approximate surface area is 202 Å². The van der Waals surface area contributed by atoms with Gasteiger partial charge in [0.2, 0.25) is 5.91 Å². The predicted octanol–water partition coefficient (Wildman–Crippen LogP) is 5.38. The minimum Gasteiger partial charge on any atom is -0.348 e. The molecule has 33 heavy (non-hydrogen) atoms. The number of carbonyl (C=O) groups is 1. The topological polar surface area (TPSA) is 63.1 Å². The van der Waals surface area contributed by atoms with Gasteiger partial charge >= 0.3 is 0 Å². The van der Waals surface area contributed by atoms with Crippen molar-refractivity contribution in [3.8, 4) is 0 Å². The summed E-state index contributed by atoms with van der Waals surface area (Å²) < 4.78 is 2.43. The fourth-order valence-electron chi connectivity index (χ4n) is 6.58. The summed E-state index contributed by atoms with van der Waals surface area (Å²) in [5.41, 5.74) is 0. The molecule has 2 aliphatic heterocycles. The van der Waals surface area contributed by atoms with Crippen molar-refractivity contribution < 1.29 is 4.79 Å². The van der Waals surface area contributed by atoms with Gasteiger partial charge in [0.1, 0.15) is 11.6 Å². The molecule has 6 nitrogen and oxygen atoms in total. The van der Waals surface area contributed by atoms with Crippen LogP contribution in [0.1, 0.15) is 106 Å². The number of nitrogens with zero attached hydrogens (tertiary/aromatic N) is 4. The van der Waals surface area contributed by atoms with Crippen LogP contribution in [-0.2, 0) is 4.79 Å². The van der Waals surface area contributed by atoms with Gasteiger partial charge in [-0.25, -0.2) is 0 Å². The molecule has 2 saturated heterocycles. The molecule has 2 aromatic heterocycles. The maximum absolute atomic E-state index is 12.9. The minimum absolute atomic E-state index is 0.142. The van der Waals surface area contributed by atoms with Gasteiger partial charge in [0.05, 0.1) is 6.04 Å². The number of aromatic nitrogens is 3. The summed E-state index contributed by atoms with van der Waals surface area (Å²) >= 11 is 1.77. The lowest BCUT2D eigenvalue weighted by Crippen LogP contribution is -2.45. The van der Waals surface area contributed by atoms with E-state index in [1.807, 2.05) is 0 Å². The highest BCUT2D eigenvalue weighted by Gasteiger charge is 2.42. The van der Waals surface area contributed by atoms with E-state index in [0.29, 0.717) is 24.0 Å².